The molecular formula is C62H95N7O15S3. The minimum atomic E-state index is -4.89. The first-order chi connectivity index (χ1) is 41.1. The van der Waals surface area contributed by atoms with E-state index < -0.39 is 69.6 Å². The zero-order valence-corrected chi connectivity index (χ0v) is 54.8. The number of unbranched alkanes of at least 4 members (excludes halogenated alkanes) is 2. The molecule has 4 amide bonds. The van der Waals surface area contributed by atoms with Gasteiger partial charge in [0.25, 0.3) is 32.1 Å². The Labute approximate surface area is 517 Å². The first-order valence-corrected chi connectivity index (χ1v) is 35.3. The van der Waals surface area contributed by atoms with Gasteiger partial charge < -0.3 is 34.7 Å². The maximum atomic E-state index is 12.7. The van der Waals surface area contributed by atoms with Crippen LogP contribution in [0.15, 0.2) is 82.3 Å². The molecule has 1 saturated heterocycles. The lowest BCUT2D eigenvalue weighted by Crippen LogP contribution is -2.34. The fraction of sp³-hybridized carbons (Fsp3) is 0.613. The summed E-state index contributed by atoms with van der Waals surface area (Å²) in [4.78, 5) is 73.1. The highest BCUT2D eigenvalue weighted by atomic mass is 32.2. The van der Waals surface area contributed by atoms with Crippen molar-refractivity contribution in [2.75, 3.05) is 76.1 Å². The van der Waals surface area contributed by atoms with Gasteiger partial charge in [0, 0.05) is 92.7 Å². The van der Waals surface area contributed by atoms with Gasteiger partial charge in [-0.15, -0.1) is 5.06 Å². The Morgan fingerprint density at radius 2 is 1.21 bits per heavy atom. The number of imide groups is 1. The van der Waals surface area contributed by atoms with Gasteiger partial charge in [0.05, 0.1) is 21.0 Å². The largest absolute Gasteiger partial charge is 0.744 e. The normalized spacial score (nSPS) is 20.2. The van der Waals surface area contributed by atoms with Gasteiger partial charge in [0.1, 0.15) is 16.7 Å². The zero-order chi connectivity index (χ0) is 64.6. The van der Waals surface area contributed by atoms with Crippen molar-refractivity contribution in [1.82, 2.24) is 25.5 Å². The van der Waals surface area contributed by atoms with Crippen molar-refractivity contribution in [3.63, 3.8) is 0 Å². The number of amides is 4. The van der Waals surface area contributed by atoms with Crippen LogP contribution in [0.2, 0.25) is 0 Å². The minimum absolute atomic E-state index is 0.00594. The van der Waals surface area contributed by atoms with Gasteiger partial charge in [-0.05, 0) is 146 Å². The molecule has 2 aromatic carbocycles. The monoisotopic (exact) mass is 1270 g/mol. The molecule has 2 atom stereocenters. The van der Waals surface area contributed by atoms with Gasteiger partial charge in [-0.1, -0.05) is 79.0 Å². The highest BCUT2D eigenvalue weighted by Crippen LogP contribution is 2.52. The summed E-state index contributed by atoms with van der Waals surface area (Å²) in [5, 5.41) is 6.19. The second kappa shape index (κ2) is 34.9. The van der Waals surface area contributed by atoms with E-state index in [9.17, 15) is 62.9 Å². The van der Waals surface area contributed by atoms with Crippen LogP contribution >= 0.6 is 0 Å². The van der Waals surface area contributed by atoms with Crippen LogP contribution < -0.4 is 15.5 Å². The Balaban J connectivity index is 0.00000103. The van der Waals surface area contributed by atoms with Gasteiger partial charge in [-0.2, -0.15) is 21.4 Å². The van der Waals surface area contributed by atoms with Crippen molar-refractivity contribution < 1.29 is 72.3 Å². The second-order valence-corrected chi connectivity index (χ2v) is 26.9. The average molecular weight is 1270 g/mol. The molecule has 2 unspecified atom stereocenters. The summed E-state index contributed by atoms with van der Waals surface area (Å²) in [6, 6.07) is 8.55. The van der Waals surface area contributed by atoms with Gasteiger partial charge in [0.2, 0.25) is 17.5 Å². The number of benzene rings is 2. The number of anilines is 1. The summed E-state index contributed by atoms with van der Waals surface area (Å²) in [7, 11) is -13.9. The summed E-state index contributed by atoms with van der Waals surface area (Å²) in [5.74, 6) is -2.75. The number of fused-ring (bicyclic) bond motifs is 5. The van der Waals surface area contributed by atoms with Gasteiger partial charge in [0.15, 0.2) is 5.71 Å². The van der Waals surface area contributed by atoms with Crippen LogP contribution in [0.3, 0.4) is 0 Å². The molecule has 6 rings (SSSR count). The number of nitrogens with zero attached hydrogens (tertiary/aromatic N) is 5. The summed E-state index contributed by atoms with van der Waals surface area (Å²) in [5.41, 5.74) is 1.99. The quantitative estimate of drug-likeness (QED) is 0.0445. The Kier molecular flexibility index (Phi) is 29.6. The molecule has 1 fully saturated rings. The second-order valence-electron chi connectivity index (χ2n) is 22.5. The highest BCUT2D eigenvalue weighted by molar-refractivity contribution is 7.86. The predicted octanol–water partition coefficient (Wildman–Crippen LogP) is 8.26. The number of hydrogen-bond acceptors (Lipinski definition) is 16. The Morgan fingerprint density at radius 1 is 0.655 bits per heavy atom. The van der Waals surface area contributed by atoms with E-state index in [0.29, 0.717) is 111 Å². The lowest BCUT2D eigenvalue weighted by molar-refractivity contribution is -0.438. The van der Waals surface area contributed by atoms with E-state index in [1.807, 2.05) is 36.7 Å². The van der Waals surface area contributed by atoms with E-state index >= 15 is 0 Å². The van der Waals surface area contributed by atoms with E-state index in [4.69, 9.17) is 4.84 Å². The van der Waals surface area contributed by atoms with Crippen LogP contribution in [-0.2, 0) is 70.0 Å². The number of hydroxylamine groups is 2. The fourth-order valence-corrected chi connectivity index (χ4v) is 13.0. The van der Waals surface area contributed by atoms with Crippen LogP contribution in [0.1, 0.15) is 176 Å². The van der Waals surface area contributed by atoms with E-state index in [1.54, 1.807) is 24.3 Å². The van der Waals surface area contributed by atoms with Crippen molar-refractivity contribution in [1.29, 1.82) is 0 Å². The molecule has 0 aliphatic carbocycles. The first-order valence-electron chi connectivity index (χ1n) is 30.8. The third-order valence-electron chi connectivity index (χ3n) is 16.6. The Morgan fingerprint density at radius 3 is 1.75 bits per heavy atom. The molecule has 4 aliphatic heterocycles. The number of carbonyl (C=O) groups excluding carboxylic acids is 5. The SMILES string of the molecule is CC1(CCCCCC(=O)ON2C(=O)CCC2=O)C2=CC=CC=CC3=[N+](CCCCCC(=O)NCCNC(=O)CCCCCN2c2ccc(S(=O)(=O)O)cc21)c1ccc(S(=O)(=O)[O-])cc1C3(C)CCCS(=O)(=O)O.CCN(CC)CC.CCN(CC)CC. The van der Waals surface area contributed by atoms with Crippen molar-refractivity contribution in [2.45, 2.75) is 185 Å². The van der Waals surface area contributed by atoms with Crippen LogP contribution in [0, 0.1) is 0 Å². The molecule has 87 heavy (non-hydrogen) atoms. The molecule has 486 valence electrons. The van der Waals surface area contributed by atoms with E-state index in [2.05, 4.69) is 66.9 Å². The van der Waals surface area contributed by atoms with E-state index in [0.717, 1.165) is 5.70 Å². The summed E-state index contributed by atoms with van der Waals surface area (Å²) in [6.07, 6.45) is 15.2. The molecule has 0 spiro atoms. The fourth-order valence-electron chi connectivity index (χ4n) is 11.5. The number of carbonyl (C=O) groups is 5. The molecule has 2 aromatic rings. The van der Waals surface area contributed by atoms with Crippen molar-refractivity contribution in [3.8, 4) is 0 Å². The molecule has 0 saturated carbocycles. The number of rotatable bonds is 19. The molecule has 4 aliphatic rings. The van der Waals surface area contributed by atoms with Crippen molar-refractivity contribution in [3.05, 3.63) is 83.6 Å². The van der Waals surface area contributed by atoms with E-state index in [1.165, 1.54) is 63.5 Å². The molecular weight excluding hydrogens is 1180 g/mol. The van der Waals surface area contributed by atoms with Gasteiger partial charge in [-0.3, -0.25) is 28.3 Å². The topological polar surface area (TPSA) is 301 Å². The molecule has 0 bridgehead atoms. The lowest BCUT2D eigenvalue weighted by Gasteiger charge is -2.30. The van der Waals surface area contributed by atoms with Crippen molar-refractivity contribution >= 4 is 77.0 Å². The summed E-state index contributed by atoms with van der Waals surface area (Å²) >= 11 is 0. The third-order valence-corrected chi connectivity index (χ3v) is 19.1. The first kappa shape index (κ1) is 73.8. The van der Waals surface area contributed by atoms with Gasteiger partial charge >= 0.3 is 5.97 Å². The van der Waals surface area contributed by atoms with Crippen LogP contribution in [0.5, 0.6) is 0 Å². The Bertz CT molecular complexity index is 3120. The lowest BCUT2D eigenvalue weighted by atomic mass is 9.76. The standard InChI is InChI=1S/C50H65N5O15S3.2C6H15N/c1-49(27-12-4-11-20-48(60)70-55-46(58)25-26-47(55)59)38-34-36(72(64,65)66)21-23-40(38)53-31-13-5-9-18-44(56)51-29-30-52-45(57)19-10-6-14-32-54-41-24-22-37(73(67,68)69)35-39(41)50(2,28-15-33-71(61,62)63)43(54)17-8-3-7-16-42(49)53;2*1-4-7(5-2)6-3/h3,7-8,16-17,21-24,34-35H,4-6,9-15,18-20,25-33H2,1-2H3,(H4-,51,52,56,57,61,62,63,64,65,66,67,68,69);2*4-6H2,1-3H3. The van der Waals surface area contributed by atoms with Crippen LogP contribution in [-0.4, -0.2) is 165 Å². The maximum Gasteiger partial charge on any atom is 0.333 e. The predicted molar refractivity (Wildman–Crippen MR) is 335 cm³/mol. The molecule has 0 radical (unpaired) electrons. The number of allylic oxidation sites excluding steroid dienone is 6. The van der Waals surface area contributed by atoms with Gasteiger partial charge in [-0.25, -0.2) is 13.2 Å². The van der Waals surface area contributed by atoms with E-state index in [-0.39, 0.29) is 74.7 Å². The molecule has 0 aromatic heterocycles. The summed E-state index contributed by atoms with van der Waals surface area (Å²) in [6.45, 7) is 25.4. The smallest absolute Gasteiger partial charge is 0.333 e. The zero-order valence-electron chi connectivity index (χ0n) is 52.3. The maximum absolute atomic E-state index is 12.7. The minimum Gasteiger partial charge on any atom is -0.744 e. The highest BCUT2D eigenvalue weighted by Gasteiger charge is 2.48. The van der Waals surface area contributed by atoms with Crippen LogP contribution in [0.25, 0.3) is 0 Å². The number of nitrogens with one attached hydrogen (secondary N) is 2. The average Bonchev–Trinajstić information content (AvgIpc) is 1.62. The molecule has 4 N–H and O–H groups in total. The summed E-state index contributed by atoms with van der Waals surface area (Å²) < 4.78 is 108. The van der Waals surface area contributed by atoms with Crippen LogP contribution in [0.4, 0.5) is 11.4 Å². The molecule has 22 nitrogen and oxygen atoms in total. The van der Waals surface area contributed by atoms with Crippen molar-refractivity contribution in [2.24, 2.45) is 0 Å². The molecule has 25 heteroatoms. The Hall–Kier alpha value is -5.67. The third kappa shape index (κ3) is 22.1. The molecule has 4 heterocycles. The number of hydrogen-bond donors (Lipinski definition) is 4.